The molecule has 0 saturated heterocycles. The summed E-state index contributed by atoms with van der Waals surface area (Å²) >= 11 is 0. The van der Waals surface area contributed by atoms with Gasteiger partial charge in [0.05, 0.1) is 11.1 Å². The minimum absolute atomic E-state index is 0.193. The Morgan fingerprint density at radius 2 is 1.89 bits per heavy atom. The summed E-state index contributed by atoms with van der Waals surface area (Å²) in [6, 6.07) is 6.65. The predicted molar refractivity (Wildman–Crippen MR) is 72.0 cm³/mol. The van der Waals surface area contributed by atoms with E-state index < -0.39 is 10.0 Å². The van der Waals surface area contributed by atoms with Crippen LogP contribution in [0.4, 0.5) is 5.82 Å². The van der Waals surface area contributed by atoms with Gasteiger partial charge in [-0.05, 0) is 24.7 Å². The molecule has 2 N–H and O–H groups in total. The molecule has 6 nitrogen and oxygen atoms in total. The lowest BCUT2D eigenvalue weighted by Gasteiger charge is -2.07. The van der Waals surface area contributed by atoms with Gasteiger partial charge in [0.25, 0.3) is 10.0 Å². The molecule has 2 rings (SSSR count). The number of aromatic nitrogens is 2. The van der Waals surface area contributed by atoms with E-state index in [1.807, 2.05) is 7.05 Å². The van der Waals surface area contributed by atoms with Crippen LogP contribution in [0.5, 0.6) is 0 Å². The second-order valence-corrected chi connectivity index (χ2v) is 5.55. The Kier molecular flexibility index (Phi) is 4.08. The SMILES string of the molecule is CNCc1ccc(S(=O)(=O)Nc2cnccn2)cc1. The van der Waals surface area contributed by atoms with E-state index >= 15 is 0 Å². The fraction of sp³-hybridized carbons (Fsp3) is 0.167. The van der Waals surface area contributed by atoms with Gasteiger partial charge in [0.15, 0.2) is 5.82 Å². The zero-order valence-corrected chi connectivity index (χ0v) is 11.2. The Labute approximate surface area is 112 Å². The average molecular weight is 278 g/mol. The van der Waals surface area contributed by atoms with Gasteiger partial charge in [-0.3, -0.25) is 9.71 Å². The van der Waals surface area contributed by atoms with Gasteiger partial charge in [0.2, 0.25) is 0 Å². The van der Waals surface area contributed by atoms with Crippen LogP contribution >= 0.6 is 0 Å². The van der Waals surface area contributed by atoms with Gasteiger partial charge in [-0.15, -0.1) is 0 Å². The molecular weight excluding hydrogens is 264 g/mol. The van der Waals surface area contributed by atoms with Crippen LogP contribution in [-0.2, 0) is 16.6 Å². The second kappa shape index (κ2) is 5.77. The first-order valence-electron chi connectivity index (χ1n) is 5.64. The maximum absolute atomic E-state index is 12.1. The summed E-state index contributed by atoms with van der Waals surface area (Å²) in [4.78, 5) is 7.87. The highest BCUT2D eigenvalue weighted by Gasteiger charge is 2.14. The molecule has 0 atom stereocenters. The number of nitrogens with one attached hydrogen (secondary N) is 2. The average Bonchev–Trinajstić information content (AvgIpc) is 2.40. The highest BCUT2D eigenvalue weighted by molar-refractivity contribution is 7.92. The van der Waals surface area contributed by atoms with Crippen molar-refractivity contribution >= 4 is 15.8 Å². The first-order valence-corrected chi connectivity index (χ1v) is 7.12. The van der Waals surface area contributed by atoms with E-state index in [2.05, 4.69) is 20.0 Å². The number of nitrogens with zero attached hydrogens (tertiary/aromatic N) is 2. The molecule has 0 spiro atoms. The highest BCUT2D eigenvalue weighted by Crippen LogP contribution is 2.14. The van der Waals surface area contributed by atoms with Crippen LogP contribution in [0.15, 0.2) is 47.8 Å². The van der Waals surface area contributed by atoms with E-state index in [-0.39, 0.29) is 10.7 Å². The van der Waals surface area contributed by atoms with E-state index in [1.54, 1.807) is 24.3 Å². The Hall–Kier alpha value is -1.99. The third-order valence-corrected chi connectivity index (χ3v) is 3.79. The minimum Gasteiger partial charge on any atom is -0.316 e. The van der Waals surface area contributed by atoms with E-state index in [1.165, 1.54) is 18.6 Å². The summed E-state index contributed by atoms with van der Waals surface area (Å²) in [5, 5.41) is 3.00. The van der Waals surface area contributed by atoms with Gasteiger partial charge in [0.1, 0.15) is 0 Å². The van der Waals surface area contributed by atoms with Gasteiger partial charge < -0.3 is 5.32 Å². The molecule has 0 bridgehead atoms. The molecule has 0 fully saturated rings. The van der Waals surface area contributed by atoms with Crippen molar-refractivity contribution in [3.63, 3.8) is 0 Å². The van der Waals surface area contributed by atoms with Crippen molar-refractivity contribution in [1.29, 1.82) is 0 Å². The number of hydrogen-bond donors (Lipinski definition) is 2. The first kappa shape index (κ1) is 13.4. The van der Waals surface area contributed by atoms with Crippen molar-refractivity contribution < 1.29 is 8.42 Å². The maximum atomic E-state index is 12.1. The standard InChI is InChI=1S/C12H14N4O2S/c1-13-8-10-2-4-11(5-3-10)19(17,18)16-12-9-14-6-7-15-12/h2-7,9,13H,8H2,1H3,(H,15,16). The first-order chi connectivity index (χ1) is 9.12. The maximum Gasteiger partial charge on any atom is 0.263 e. The molecular formula is C12H14N4O2S. The Morgan fingerprint density at radius 3 is 2.47 bits per heavy atom. The van der Waals surface area contributed by atoms with Crippen molar-refractivity contribution in [2.24, 2.45) is 0 Å². The molecule has 7 heteroatoms. The minimum atomic E-state index is -3.62. The number of anilines is 1. The Morgan fingerprint density at radius 1 is 1.16 bits per heavy atom. The van der Waals surface area contributed by atoms with Gasteiger partial charge >= 0.3 is 0 Å². The fourth-order valence-electron chi connectivity index (χ4n) is 1.54. The largest absolute Gasteiger partial charge is 0.316 e. The Bertz CT molecular complexity index is 627. The normalized spacial score (nSPS) is 11.2. The van der Waals surface area contributed by atoms with Crippen LogP contribution in [0, 0.1) is 0 Å². The van der Waals surface area contributed by atoms with Crippen LogP contribution in [0.1, 0.15) is 5.56 Å². The third-order valence-electron chi connectivity index (χ3n) is 2.42. The molecule has 2 aromatic rings. The summed E-state index contributed by atoms with van der Waals surface area (Å²) in [6.07, 6.45) is 4.26. The summed E-state index contributed by atoms with van der Waals surface area (Å²) in [6.45, 7) is 0.692. The molecule has 0 aliphatic rings. The molecule has 0 saturated carbocycles. The molecule has 0 unspecified atom stereocenters. The van der Waals surface area contributed by atoms with Gasteiger partial charge in [-0.2, -0.15) is 0 Å². The molecule has 0 aliphatic carbocycles. The monoisotopic (exact) mass is 278 g/mol. The van der Waals surface area contributed by atoms with E-state index in [0.717, 1.165) is 5.56 Å². The van der Waals surface area contributed by atoms with Crippen LogP contribution in [0.3, 0.4) is 0 Å². The number of rotatable bonds is 5. The smallest absolute Gasteiger partial charge is 0.263 e. The Balaban J connectivity index is 2.20. The lowest BCUT2D eigenvalue weighted by Crippen LogP contribution is -2.14. The number of sulfonamides is 1. The molecule has 0 amide bonds. The molecule has 1 aromatic carbocycles. The summed E-state index contributed by atoms with van der Waals surface area (Å²) < 4.78 is 26.5. The van der Waals surface area contributed by atoms with Crippen LogP contribution in [0.25, 0.3) is 0 Å². The van der Waals surface area contributed by atoms with Crippen LogP contribution in [0.2, 0.25) is 0 Å². The molecule has 1 aromatic heterocycles. The van der Waals surface area contributed by atoms with Gasteiger partial charge in [0, 0.05) is 18.9 Å². The summed E-state index contributed by atoms with van der Waals surface area (Å²) in [5.74, 6) is 0.196. The van der Waals surface area contributed by atoms with Crippen molar-refractivity contribution in [1.82, 2.24) is 15.3 Å². The second-order valence-electron chi connectivity index (χ2n) is 3.87. The molecule has 0 radical (unpaired) electrons. The van der Waals surface area contributed by atoms with Crippen molar-refractivity contribution in [2.75, 3.05) is 11.8 Å². The highest BCUT2D eigenvalue weighted by atomic mass is 32.2. The van der Waals surface area contributed by atoms with Crippen molar-refractivity contribution in [3.8, 4) is 0 Å². The van der Waals surface area contributed by atoms with Crippen molar-refractivity contribution in [3.05, 3.63) is 48.4 Å². The predicted octanol–water partition coefficient (Wildman–Crippen LogP) is 0.997. The van der Waals surface area contributed by atoms with E-state index in [0.29, 0.717) is 6.54 Å². The van der Waals surface area contributed by atoms with E-state index in [9.17, 15) is 8.42 Å². The molecule has 100 valence electrons. The summed E-state index contributed by atoms with van der Waals surface area (Å²) in [7, 11) is -1.78. The van der Waals surface area contributed by atoms with Gasteiger partial charge in [-0.1, -0.05) is 12.1 Å². The zero-order chi connectivity index (χ0) is 13.7. The zero-order valence-electron chi connectivity index (χ0n) is 10.4. The fourth-order valence-corrected chi connectivity index (χ4v) is 2.53. The molecule has 1 heterocycles. The van der Waals surface area contributed by atoms with Crippen LogP contribution < -0.4 is 10.0 Å². The summed E-state index contributed by atoms with van der Waals surface area (Å²) in [5.41, 5.74) is 1.01. The third kappa shape index (κ3) is 3.49. The topological polar surface area (TPSA) is 84.0 Å². The van der Waals surface area contributed by atoms with E-state index in [4.69, 9.17) is 0 Å². The molecule has 19 heavy (non-hydrogen) atoms. The quantitative estimate of drug-likeness (QED) is 0.852. The van der Waals surface area contributed by atoms with Crippen molar-refractivity contribution in [2.45, 2.75) is 11.4 Å². The number of benzene rings is 1. The molecule has 0 aliphatic heterocycles. The lowest BCUT2D eigenvalue weighted by molar-refractivity contribution is 0.601. The van der Waals surface area contributed by atoms with Crippen LogP contribution in [-0.4, -0.2) is 25.4 Å². The number of hydrogen-bond acceptors (Lipinski definition) is 5. The van der Waals surface area contributed by atoms with Gasteiger partial charge in [-0.25, -0.2) is 13.4 Å². The lowest BCUT2D eigenvalue weighted by atomic mass is 10.2.